The quantitative estimate of drug-likeness (QED) is 0.439. The van der Waals surface area contributed by atoms with Gasteiger partial charge in [-0.25, -0.2) is 15.0 Å². The molecule has 0 unspecified atom stereocenters. The lowest BCUT2D eigenvalue weighted by Gasteiger charge is -2.24. The lowest BCUT2D eigenvalue weighted by molar-refractivity contribution is -0.153. The van der Waals surface area contributed by atoms with Gasteiger partial charge in [0.25, 0.3) is 0 Å². The molecule has 3 heterocycles. The van der Waals surface area contributed by atoms with E-state index < -0.39 is 18.3 Å². The van der Waals surface area contributed by atoms with Crippen LogP contribution in [-0.4, -0.2) is 56.5 Å². The van der Waals surface area contributed by atoms with Crippen LogP contribution in [0.5, 0.6) is 0 Å². The third-order valence-electron chi connectivity index (χ3n) is 3.72. The van der Waals surface area contributed by atoms with E-state index >= 15 is 0 Å². The molecule has 0 aliphatic carbocycles. The van der Waals surface area contributed by atoms with Gasteiger partial charge in [-0.2, -0.15) is 0 Å². The van der Waals surface area contributed by atoms with Crippen LogP contribution in [0.1, 0.15) is 26.5 Å². The van der Waals surface area contributed by atoms with Gasteiger partial charge >= 0.3 is 11.9 Å². The summed E-state index contributed by atoms with van der Waals surface area (Å²) in [6.45, 7) is 2.79. The van der Waals surface area contributed by atoms with Gasteiger partial charge in [-0.05, 0) is 6.26 Å². The van der Waals surface area contributed by atoms with Crippen molar-refractivity contribution in [2.45, 2.75) is 43.7 Å². The van der Waals surface area contributed by atoms with E-state index in [-0.39, 0.29) is 18.7 Å². The first-order valence-electron chi connectivity index (χ1n) is 7.67. The van der Waals surface area contributed by atoms with Gasteiger partial charge < -0.3 is 14.2 Å². The Morgan fingerprint density at radius 1 is 1.32 bits per heavy atom. The molecule has 1 fully saturated rings. The Labute approximate surface area is 148 Å². The Balaban J connectivity index is 1.91. The molecule has 10 heteroatoms. The molecule has 0 aromatic rings. The zero-order valence-corrected chi connectivity index (χ0v) is 14.9. The van der Waals surface area contributed by atoms with E-state index in [0.29, 0.717) is 17.9 Å². The van der Waals surface area contributed by atoms with Crippen LogP contribution in [0.3, 0.4) is 0 Å². The summed E-state index contributed by atoms with van der Waals surface area (Å²) in [4.78, 5) is 35.1. The molecule has 0 N–H and O–H groups in total. The van der Waals surface area contributed by atoms with Gasteiger partial charge in [-0.3, -0.25) is 14.2 Å². The van der Waals surface area contributed by atoms with Crippen LogP contribution < -0.4 is 0 Å². The third kappa shape index (κ3) is 3.74. The zero-order valence-electron chi connectivity index (χ0n) is 14.0. The van der Waals surface area contributed by atoms with Gasteiger partial charge in [0, 0.05) is 20.3 Å². The van der Waals surface area contributed by atoms with Crippen LogP contribution in [-0.2, 0) is 23.8 Å². The van der Waals surface area contributed by atoms with E-state index in [4.69, 9.17) is 14.2 Å². The summed E-state index contributed by atoms with van der Waals surface area (Å²) in [5, 5.41) is 0.804. The normalized spacial score (nSPS) is 22.9. The number of carbonyl (C=O) groups is 2. The summed E-state index contributed by atoms with van der Waals surface area (Å²) in [5.41, 5.74) is 0.656. The summed E-state index contributed by atoms with van der Waals surface area (Å²) >= 11 is 1.47. The number of aromatic nitrogens is 4. The summed E-state index contributed by atoms with van der Waals surface area (Å²) in [6.07, 6.45) is 3.90. The van der Waals surface area contributed by atoms with Crippen molar-refractivity contribution in [1.29, 1.82) is 0 Å². The van der Waals surface area contributed by atoms with Crippen molar-refractivity contribution < 1.29 is 23.8 Å². The van der Waals surface area contributed by atoms with Crippen LogP contribution in [0, 0.1) is 0 Å². The van der Waals surface area contributed by atoms with Crippen molar-refractivity contribution in [2.75, 3.05) is 12.9 Å². The molecule has 3 aliphatic heterocycles. The largest absolute Gasteiger partial charge is 0.463 e. The average molecular weight is 366 g/mol. The standard InChI is InChI=1S/C15H18N4O5S/c1-8(20)22-5-10-4-11(23-9(2)21)14(24-10)19-7-18-13-12(15(19)25-3)16-6-17-13/h6-7,10-11,14H,4-5H2,1-3H3/t10-,11+,14+/m0/s1. The van der Waals surface area contributed by atoms with Crippen molar-refractivity contribution in [2.24, 2.45) is 0 Å². The molecule has 0 radical (unpaired) electrons. The van der Waals surface area contributed by atoms with Crippen molar-refractivity contribution in [3.8, 4) is 11.5 Å². The molecular formula is C15H18N4O5S. The Morgan fingerprint density at radius 3 is 2.80 bits per heavy atom. The average Bonchev–Trinajstić information content (AvgIpc) is 3.17. The molecule has 0 amide bonds. The second kappa shape index (κ2) is 7.36. The highest BCUT2D eigenvalue weighted by Crippen LogP contribution is 2.37. The van der Waals surface area contributed by atoms with E-state index in [9.17, 15) is 9.59 Å². The second-order valence-electron chi connectivity index (χ2n) is 5.54. The molecule has 134 valence electrons. The van der Waals surface area contributed by atoms with Crippen LogP contribution in [0.4, 0.5) is 0 Å². The fraction of sp³-hybridized carbons (Fsp3) is 0.533. The minimum atomic E-state index is -0.583. The monoisotopic (exact) mass is 366 g/mol. The van der Waals surface area contributed by atoms with Gasteiger partial charge in [-0.15, -0.1) is 11.8 Å². The Morgan fingerprint density at radius 2 is 2.12 bits per heavy atom. The number of ether oxygens (including phenoxy) is 3. The molecule has 3 aliphatic rings. The highest BCUT2D eigenvalue weighted by atomic mass is 32.2. The molecule has 0 bridgehead atoms. The molecule has 1 saturated heterocycles. The SMILES string of the molecule is CSc1c2ncnc-2ncn1[C@@H]1O[C@H](COC(C)=O)C[C@H]1OC(C)=O. The Hall–Kier alpha value is -2.20. The molecule has 0 aromatic heterocycles. The number of hydrogen-bond acceptors (Lipinski definition) is 9. The minimum Gasteiger partial charge on any atom is -0.463 e. The van der Waals surface area contributed by atoms with Crippen molar-refractivity contribution in [1.82, 2.24) is 19.5 Å². The summed E-state index contributed by atoms with van der Waals surface area (Å²) in [5.74, 6) is -0.247. The van der Waals surface area contributed by atoms with Crippen LogP contribution in [0.2, 0.25) is 0 Å². The number of thioether (sulfide) groups is 1. The van der Waals surface area contributed by atoms with E-state index in [1.807, 2.05) is 6.26 Å². The smallest absolute Gasteiger partial charge is 0.303 e. The van der Waals surface area contributed by atoms with Crippen molar-refractivity contribution >= 4 is 23.7 Å². The number of carbonyl (C=O) groups excluding carboxylic acids is 2. The van der Waals surface area contributed by atoms with Crippen molar-refractivity contribution in [3.63, 3.8) is 0 Å². The summed E-state index contributed by atoms with van der Waals surface area (Å²) < 4.78 is 18.2. The predicted octanol–water partition coefficient (Wildman–Crippen LogP) is 1.28. The number of esters is 2. The fourth-order valence-electron chi connectivity index (χ4n) is 2.78. The fourth-order valence-corrected chi connectivity index (χ4v) is 3.48. The highest BCUT2D eigenvalue weighted by Gasteiger charge is 2.40. The van der Waals surface area contributed by atoms with Gasteiger partial charge in [0.05, 0.1) is 6.10 Å². The zero-order chi connectivity index (χ0) is 18.0. The number of fused-ring (bicyclic) bond motifs is 1. The van der Waals surface area contributed by atoms with Gasteiger partial charge in [0.2, 0.25) is 0 Å². The predicted molar refractivity (Wildman–Crippen MR) is 86.9 cm³/mol. The molecule has 9 nitrogen and oxygen atoms in total. The van der Waals surface area contributed by atoms with E-state index in [0.717, 1.165) is 5.03 Å². The van der Waals surface area contributed by atoms with E-state index in [1.165, 1.54) is 31.9 Å². The molecule has 3 rings (SSSR count). The second-order valence-corrected chi connectivity index (χ2v) is 6.34. The van der Waals surface area contributed by atoms with Gasteiger partial charge in [0.15, 0.2) is 12.1 Å². The summed E-state index contributed by atoms with van der Waals surface area (Å²) in [7, 11) is 0. The lowest BCUT2D eigenvalue weighted by atomic mass is 10.2. The maximum absolute atomic E-state index is 11.5. The Kier molecular flexibility index (Phi) is 5.19. The van der Waals surface area contributed by atoms with E-state index in [2.05, 4.69) is 15.0 Å². The van der Waals surface area contributed by atoms with Crippen LogP contribution in [0.15, 0.2) is 17.7 Å². The number of rotatable bonds is 5. The Bertz CT molecular complexity index is 752. The molecule has 0 aromatic carbocycles. The van der Waals surface area contributed by atoms with Crippen molar-refractivity contribution in [3.05, 3.63) is 12.7 Å². The third-order valence-corrected chi connectivity index (χ3v) is 4.51. The number of nitrogens with zero attached hydrogens (tertiary/aromatic N) is 4. The number of hydrogen-bond donors (Lipinski definition) is 0. The molecular weight excluding hydrogens is 348 g/mol. The minimum absolute atomic E-state index is 0.102. The highest BCUT2D eigenvalue weighted by molar-refractivity contribution is 7.98. The first kappa shape index (κ1) is 17.6. The van der Waals surface area contributed by atoms with Gasteiger partial charge in [0.1, 0.15) is 36.1 Å². The summed E-state index contributed by atoms with van der Waals surface area (Å²) in [6, 6.07) is 0. The topological polar surface area (TPSA) is 105 Å². The lowest BCUT2D eigenvalue weighted by Crippen LogP contribution is -2.26. The first-order valence-corrected chi connectivity index (χ1v) is 8.89. The molecule has 0 saturated carbocycles. The first-order chi connectivity index (χ1) is 12.0. The number of imidazole rings is 1. The maximum atomic E-state index is 11.5. The molecule has 25 heavy (non-hydrogen) atoms. The van der Waals surface area contributed by atoms with E-state index in [1.54, 1.807) is 10.9 Å². The molecule has 3 atom stereocenters. The maximum Gasteiger partial charge on any atom is 0.303 e. The van der Waals surface area contributed by atoms with Crippen LogP contribution in [0.25, 0.3) is 11.5 Å². The van der Waals surface area contributed by atoms with Gasteiger partial charge in [-0.1, -0.05) is 0 Å². The van der Waals surface area contributed by atoms with Crippen LogP contribution >= 0.6 is 11.8 Å². The molecule has 0 spiro atoms.